The highest BCUT2D eigenvalue weighted by atomic mass is 35.5. The molecule has 0 bridgehead atoms. The summed E-state index contributed by atoms with van der Waals surface area (Å²) in [4.78, 5) is 0. The van der Waals surface area contributed by atoms with Crippen molar-refractivity contribution in [2.24, 2.45) is 11.7 Å². The molecule has 8 heteroatoms. The minimum Gasteiger partial charge on any atom is -0.330 e. The summed E-state index contributed by atoms with van der Waals surface area (Å²) < 4.78 is 26.9. The zero-order chi connectivity index (χ0) is 12.5. The zero-order valence-corrected chi connectivity index (χ0v) is 12.9. The third-order valence-electron chi connectivity index (χ3n) is 2.96. The molecule has 2 rings (SSSR count). The van der Waals surface area contributed by atoms with E-state index < -0.39 is 10.0 Å². The largest absolute Gasteiger partial charge is 0.330 e. The molecule has 1 aliphatic rings. The number of piperidine rings is 1. The molecule has 18 heavy (non-hydrogen) atoms. The average molecular weight is 331 g/mol. The van der Waals surface area contributed by atoms with Crippen molar-refractivity contribution < 1.29 is 8.42 Å². The van der Waals surface area contributed by atoms with Gasteiger partial charge in [0.15, 0.2) is 0 Å². The van der Waals surface area contributed by atoms with Gasteiger partial charge in [0.2, 0.25) is 0 Å². The van der Waals surface area contributed by atoms with Crippen molar-refractivity contribution in [2.75, 3.05) is 19.6 Å². The number of nitrogens with two attached hydrogens (primary N) is 1. The van der Waals surface area contributed by atoms with Crippen LogP contribution in [0.1, 0.15) is 12.8 Å². The molecule has 2 heterocycles. The van der Waals surface area contributed by atoms with E-state index in [-0.39, 0.29) is 18.3 Å². The maximum absolute atomic E-state index is 12.3. The van der Waals surface area contributed by atoms with Crippen LogP contribution in [0.4, 0.5) is 0 Å². The molecule has 0 aromatic carbocycles. The van der Waals surface area contributed by atoms with Crippen molar-refractivity contribution in [3.8, 4) is 0 Å². The van der Waals surface area contributed by atoms with E-state index in [0.717, 1.165) is 24.2 Å². The highest BCUT2D eigenvalue weighted by Gasteiger charge is 2.30. The van der Waals surface area contributed by atoms with Gasteiger partial charge in [-0.1, -0.05) is 11.6 Å². The minimum absolute atomic E-state index is 0. The second-order valence-corrected chi connectivity index (χ2v) is 8.05. The second-order valence-electron chi connectivity index (χ2n) is 4.17. The summed E-state index contributed by atoms with van der Waals surface area (Å²) in [5.74, 6) is 0.272. The number of sulfonamides is 1. The van der Waals surface area contributed by atoms with Crippen molar-refractivity contribution in [2.45, 2.75) is 17.1 Å². The summed E-state index contributed by atoms with van der Waals surface area (Å²) in [5.41, 5.74) is 5.61. The monoisotopic (exact) mass is 330 g/mol. The number of hydrogen-bond donors (Lipinski definition) is 1. The van der Waals surface area contributed by atoms with Gasteiger partial charge in [-0.25, -0.2) is 8.42 Å². The highest BCUT2D eigenvalue weighted by molar-refractivity contribution is 7.91. The van der Waals surface area contributed by atoms with Gasteiger partial charge in [0, 0.05) is 13.1 Å². The maximum Gasteiger partial charge on any atom is 0.252 e. The van der Waals surface area contributed by atoms with Gasteiger partial charge in [0.1, 0.15) is 4.21 Å². The van der Waals surface area contributed by atoms with Crippen LogP contribution >= 0.6 is 35.3 Å². The first kappa shape index (κ1) is 16.2. The maximum atomic E-state index is 12.3. The van der Waals surface area contributed by atoms with Crippen LogP contribution in [0.15, 0.2) is 16.3 Å². The van der Waals surface area contributed by atoms with E-state index in [1.165, 1.54) is 4.31 Å². The van der Waals surface area contributed by atoms with Crippen LogP contribution in [0.25, 0.3) is 0 Å². The van der Waals surface area contributed by atoms with Gasteiger partial charge in [-0.05, 0) is 37.4 Å². The number of hydrogen-bond acceptors (Lipinski definition) is 4. The normalized spacial score (nSPS) is 21.6. The minimum atomic E-state index is -3.37. The predicted molar refractivity (Wildman–Crippen MR) is 77.1 cm³/mol. The van der Waals surface area contributed by atoms with Crippen LogP contribution in [0.2, 0.25) is 4.34 Å². The molecule has 0 amide bonds. The van der Waals surface area contributed by atoms with Crippen molar-refractivity contribution >= 4 is 45.4 Å². The number of halogens is 2. The second kappa shape index (κ2) is 6.54. The summed E-state index contributed by atoms with van der Waals surface area (Å²) in [6.45, 7) is 1.64. The molecule has 1 aromatic heterocycles. The van der Waals surface area contributed by atoms with E-state index >= 15 is 0 Å². The van der Waals surface area contributed by atoms with Gasteiger partial charge in [-0.3, -0.25) is 0 Å². The lowest BCUT2D eigenvalue weighted by Gasteiger charge is -2.30. The zero-order valence-electron chi connectivity index (χ0n) is 9.71. The molecular formula is C10H16Cl2N2O2S2. The van der Waals surface area contributed by atoms with E-state index in [4.69, 9.17) is 17.3 Å². The number of rotatable bonds is 3. The predicted octanol–water partition coefficient (Wildman–Crippen LogP) is 2.18. The Labute approximate surface area is 123 Å². The first-order valence-corrected chi connectivity index (χ1v) is 8.13. The molecule has 1 aliphatic heterocycles. The summed E-state index contributed by atoms with van der Waals surface area (Å²) in [5, 5.41) is 0. The lowest BCUT2D eigenvalue weighted by atomic mass is 10.0. The highest BCUT2D eigenvalue weighted by Crippen LogP contribution is 2.30. The van der Waals surface area contributed by atoms with Gasteiger partial charge < -0.3 is 5.73 Å². The summed E-state index contributed by atoms with van der Waals surface area (Å²) in [6, 6.07) is 3.18. The van der Waals surface area contributed by atoms with Gasteiger partial charge in [-0.2, -0.15) is 4.31 Å². The Morgan fingerprint density at radius 3 is 2.78 bits per heavy atom. The van der Waals surface area contributed by atoms with Crippen molar-refractivity contribution in [1.82, 2.24) is 4.31 Å². The molecule has 1 unspecified atom stereocenters. The molecule has 0 radical (unpaired) electrons. The van der Waals surface area contributed by atoms with E-state index in [1.807, 2.05) is 0 Å². The third-order valence-corrected chi connectivity index (χ3v) is 6.52. The molecule has 1 saturated heterocycles. The first-order valence-electron chi connectivity index (χ1n) is 5.49. The molecule has 4 nitrogen and oxygen atoms in total. The summed E-state index contributed by atoms with van der Waals surface area (Å²) in [7, 11) is -3.37. The molecule has 104 valence electrons. The van der Waals surface area contributed by atoms with Crippen LogP contribution in [0.5, 0.6) is 0 Å². The summed E-state index contributed by atoms with van der Waals surface area (Å²) in [6.07, 6.45) is 1.88. The van der Waals surface area contributed by atoms with Gasteiger partial charge in [-0.15, -0.1) is 23.7 Å². The van der Waals surface area contributed by atoms with Crippen LogP contribution in [0.3, 0.4) is 0 Å². The van der Waals surface area contributed by atoms with Crippen LogP contribution in [-0.2, 0) is 10.0 Å². The van der Waals surface area contributed by atoms with Gasteiger partial charge in [0.05, 0.1) is 4.34 Å². The van der Waals surface area contributed by atoms with E-state index in [9.17, 15) is 8.42 Å². The van der Waals surface area contributed by atoms with Crippen LogP contribution in [-0.4, -0.2) is 32.4 Å². The molecule has 0 spiro atoms. The standard InChI is InChI=1S/C10H15ClN2O2S2.ClH/c11-9-3-4-10(16-9)17(14,15)13-5-1-2-8(6-12)7-13;/h3-4,8H,1-2,5-7,12H2;1H. The lowest BCUT2D eigenvalue weighted by molar-refractivity contribution is 0.272. The molecule has 1 atom stereocenters. The van der Waals surface area contributed by atoms with E-state index in [2.05, 4.69) is 0 Å². The molecular weight excluding hydrogens is 315 g/mol. The Balaban J connectivity index is 0.00000162. The van der Waals surface area contributed by atoms with Crippen molar-refractivity contribution in [1.29, 1.82) is 0 Å². The van der Waals surface area contributed by atoms with Gasteiger partial charge >= 0.3 is 0 Å². The molecule has 2 N–H and O–H groups in total. The average Bonchev–Trinajstić information content (AvgIpc) is 2.76. The van der Waals surface area contributed by atoms with Crippen LogP contribution in [0, 0.1) is 5.92 Å². The SMILES string of the molecule is Cl.NCC1CCCN(S(=O)(=O)c2ccc(Cl)s2)C1. The molecule has 0 aliphatic carbocycles. The molecule has 1 fully saturated rings. The quantitative estimate of drug-likeness (QED) is 0.923. The third kappa shape index (κ3) is 3.37. The number of thiophene rings is 1. The molecule has 1 aromatic rings. The van der Waals surface area contributed by atoms with Crippen molar-refractivity contribution in [3.63, 3.8) is 0 Å². The fraction of sp³-hybridized carbons (Fsp3) is 0.600. The smallest absolute Gasteiger partial charge is 0.252 e. The Kier molecular flexibility index (Phi) is 5.89. The number of nitrogens with zero attached hydrogens (tertiary/aromatic N) is 1. The molecule has 0 saturated carbocycles. The Bertz CT molecular complexity index is 490. The topological polar surface area (TPSA) is 63.4 Å². The Morgan fingerprint density at radius 1 is 1.50 bits per heavy atom. The fourth-order valence-electron chi connectivity index (χ4n) is 2.00. The first-order chi connectivity index (χ1) is 8.04. The van der Waals surface area contributed by atoms with E-state index in [0.29, 0.717) is 28.2 Å². The van der Waals surface area contributed by atoms with E-state index in [1.54, 1.807) is 12.1 Å². The van der Waals surface area contributed by atoms with Gasteiger partial charge in [0.25, 0.3) is 10.0 Å². The van der Waals surface area contributed by atoms with Crippen molar-refractivity contribution in [3.05, 3.63) is 16.5 Å². The van der Waals surface area contributed by atoms with Crippen LogP contribution < -0.4 is 5.73 Å². The lowest BCUT2D eigenvalue weighted by Crippen LogP contribution is -2.41. The Hall–Kier alpha value is 0.150. The Morgan fingerprint density at radius 2 is 2.22 bits per heavy atom. The fourth-order valence-corrected chi connectivity index (χ4v) is 5.19. The summed E-state index contributed by atoms with van der Waals surface area (Å²) >= 11 is 6.88.